The lowest BCUT2D eigenvalue weighted by atomic mass is 9.79. The second-order valence-electron chi connectivity index (χ2n) is 7.12. The van der Waals surface area contributed by atoms with Gasteiger partial charge in [0.1, 0.15) is 16.9 Å². The van der Waals surface area contributed by atoms with E-state index in [0.29, 0.717) is 11.4 Å². The zero-order valence-electron chi connectivity index (χ0n) is 15.1. The van der Waals surface area contributed by atoms with Gasteiger partial charge in [0.05, 0.1) is 34.9 Å². The second kappa shape index (κ2) is 6.61. The summed E-state index contributed by atoms with van der Waals surface area (Å²) < 4.78 is 5.50. The lowest BCUT2D eigenvalue weighted by molar-refractivity contribution is -0.122. The van der Waals surface area contributed by atoms with Crippen LogP contribution >= 0.6 is 11.8 Å². The number of hydrogen-bond donors (Lipinski definition) is 1. The molecule has 2 aliphatic rings. The minimum Gasteiger partial charge on any atom is -0.469 e. The van der Waals surface area contributed by atoms with Crippen LogP contribution in [0, 0.1) is 28.6 Å². The molecule has 0 aliphatic carbocycles. The summed E-state index contributed by atoms with van der Waals surface area (Å²) in [5.74, 6) is -2.46. The van der Waals surface area contributed by atoms with Crippen molar-refractivity contribution in [1.82, 2.24) is 0 Å². The standard InChI is InChI=1S/C22H15N3O3S/c23-11-15-17(16-6-3-9-28-16)18-19(29-20(15)24)22(27)25(21(18)26)14-8-7-12-4-1-2-5-13(12)10-14/h1-10,15,17-19,24H/t15-,17+,18+,19-/m0/s1. The molecule has 0 spiro atoms. The van der Waals surface area contributed by atoms with E-state index >= 15 is 0 Å². The molecular formula is C22H15N3O3S. The Hall–Kier alpha value is -3.37. The number of hydrogen-bond acceptors (Lipinski definition) is 6. The Balaban J connectivity index is 1.61. The van der Waals surface area contributed by atoms with Gasteiger partial charge in [0.25, 0.3) is 0 Å². The number of nitrogens with zero attached hydrogens (tertiary/aromatic N) is 2. The number of furan rings is 1. The molecule has 0 radical (unpaired) electrons. The Labute approximate surface area is 170 Å². The van der Waals surface area contributed by atoms with E-state index in [1.807, 2.05) is 36.4 Å². The summed E-state index contributed by atoms with van der Waals surface area (Å²) in [5.41, 5.74) is 0.506. The van der Waals surface area contributed by atoms with Gasteiger partial charge < -0.3 is 4.42 Å². The van der Waals surface area contributed by atoms with Crippen molar-refractivity contribution in [1.29, 1.82) is 10.7 Å². The SMILES string of the molecule is N#C[C@@H]1C(=N)S[C@@H]2C(=O)N(c3ccc4ccccc4c3)C(=O)[C@@H]2[C@H]1c1ccco1. The quantitative estimate of drug-likeness (QED) is 0.656. The van der Waals surface area contributed by atoms with Crippen LogP contribution in [0.2, 0.25) is 0 Å². The van der Waals surface area contributed by atoms with E-state index < -0.39 is 23.0 Å². The predicted molar refractivity (Wildman–Crippen MR) is 110 cm³/mol. The molecule has 2 fully saturated rings. The molecule has 2 aliphatic heterocycles. The first-order chi connectivity index (χ1) is 14.1. The number of thioether (sulfide) groups is 1. The van der Waals surface area contributed by atoms with Crippen LogP contribution in [0.4, 0.5) is 5.69 Å². The summed E-state index contributed by atoms with van der Waals surface area (Å²) in [6, 6.07) is 18.7. The van der Waals surface area contributed by atoms with E-state index in [0.717, 1.165) is 22.5 Å². The Bertz CT molecular complexity index is 1200. The van der Waals surface area contributed by atoms with Crippen LogP contribution in [0.1, 0.15) is 11.7 Å². The normalized spacial score (nSPS) is 26.6. The molecule has 2 saturated heterocycles. The summed E-state index contributed by atoms with van der Waals surface area (Å²) in [6.45, 7) is 0. The van der Waals surface area contributed by atoms with Crippen molar-refractivity contribution in [3.05, 3.63) is 66.6 Å². The molecule has 2 aromatic carbocycles. The average Bonchev–Trinajstić information content (AvgIpc) is 3.34. The highest BCUT2D eigenvalue weighted by Gasteiger charge is 2.59. The van der Waals surface area contributed by atoms with Crippen molar-refractivity contribution in [3.8, 4) is 6.07 Å². The molecule has 0 bridgehead atoms. The lowest BCUT2D eigenvalue weighted by Crippen LogP contribution is -2.39. The van der Waals surface area contributed by atoms with Gasteiger partial charge in [-0.15, -0.1) is 0 Å². The number of amides is 2. The van der Waals surface area contributed by atoms with Gasteiger partial charge in [0, 0.05) is 0 Å². The summed E-state index contributed by atoms with van der Waals surface area (Å²) in [4.78, 5) is 27.9. The van der Waals surface area contributed by atoms with Gasteiger partial charge in [-0.05, 0) is 35.0 Å². The summed E-state index contributed by atoms with van der Waals surface area (Å²) in [7, 11) is 0. The van der Waals surface area contributed by atoms with Gasteiger partial charge in [-0.25, -0.2) is 4.90 Å². The number of nitrogens with one attached hydrogen (secondary N) is 1. The van der Waals surface area contributed by atoms with Gasteiger partial charge >= 0.3 is 0 Å². The Morgan fingerprint density at radius 1 is 1.00 bits per heavy atom. The fraction of sp³-hybridized carbons (Fsp3) is 0.182. The number of nitriles is 1. The van der Waals surface area contributed by atoms with E-state index in [1.165, 1.54) is 11.2 Å². The molecule has 5 rings (SSSR count). The van der Waals surface area contributed by atoms with E-state index in [2.05, 4.69) is 6.07 Å². The molecule has 1 N–H and O–H groups in total. The van der Waals surface area contributed by atoms with Gasteiger partial charge in [-0.1, -0.05) is 42.1 Å². The maximum absolute atomic E-state index is 13.4. The lowest BCUT2D eigenvalue weighted by Gasteiger charge is -2.32. The summed E-state index contributed by atoms with van der Waals surface area (Å²) >= 11 is 1.01. The first kappa shape index (κ1) is 17.7. The zero-order valence-corrected chi connectivity index (χ0v) is 15.9. The number of anilines is 1. The van der Waals surface area contributed by atoms with Crippen LogP contribution in [0.5, 0.6) is 0 Å². The van der Waals surface area contributed by atoms with Crippen molar-refractivity contribution in [3.63, 3.8) is 0 Å². The maximum atomic E-state index is 13.4. The van der Waals surface area contributed by atoms with Crippen LogP contribution < -0.4 is 4.90 Å². The van der Waals surface area contributed by atoms with E-state index in [9.17, 15) is 14.9 Å². The molecule has 142 valence electrons. The fourth-order valence-electron chi connectivity index (χ4n) is 4.25. The number of carbonyl (C=O) groups excluding carboxylic acids is 2. The zero-order chi connectivity index (χ0) is 20.1. The van der Waals surface area contributed by atoms with Crippen LogP contribution in [-0.4, -0.2) is 22.1 Å². The molecule has 0 unspecified atom stereocenters. The molecule has 4 atom stereocenters. The van der Waals surface area contributed by atoms with Gasteiger partial charge in [0.2, 0.25) is 11.8 Å². The van der Waals surface area contributed by atoms with Crippen molar-refractivity contribution in [2.45, 2.75) is 11.2 Å². The molecule has 6 nitrogen and oxygen atoms in total. The van der Waals surface area contributed by atoms with Crippen molar-refractivity contribution < 1.29 is 14.0 Å². The first-order valence-electron chi connectivity index (χ1n) is 9.15. The molecular weight excluding hydrogens is 386 g/mol. The van der Waals surface area contributed by atoms with Crippen molar-refractivity contribution in [2.75, 3.05) is 4.90 Å². The van der Waals surface area contributed by atoms with Crippen molar-refractivity contribution in [2.24, 2.45) is 11.8 Å². The third-order valence-corrected chi connectivity index (χ3v) is 6.84. The largest absolute Gasteiger partial charge is 0.469 e. The smallest absolute Gasteiger partial charge is 0.248 e. The molecule has 3 heterocycles. The topological polar surface area (TPSA) is 98.2 Å². The first-order valence-corrected chi connectivity index (χ1v) is 10.0. The van der Waals surface area contributed by atoms with E-state index in [4.69, 9.17) is 9.83 Å². The maximum Gasteiger partial charge on any atom is 0.248 e. The van der Waals surface area contributed by atoms with Gasteiger partial charge in [-0.3, -0.25) is 15.0 Å². The molecule has 29 heavy (non-hydrogen) atoms. The Morgan fingerprint density at radius 2 is 1.79 bits per heavy atom. The monoisotopic (exact) mass is 401 g/mol. The van der Waals surface area contributed by atoms with E-state index in [1.54, 1.807) is 18.2 Å². The highest BCUT2D eigenvalue weighted by Crippen LogP contribution is 2.50. The molecule has 2 amide bonds. The number of imide groups is 1. The minimum absolute atomic E-state index is 0.0941. The summed E-state index contributed by atoms with van der Waals surface area (Å²) in [6.07, 6.45) is 1.48. The van der Waals surface area contributed by atoms with Crippen LogP contribution in [0.15, 0.2) is 65.3 Å². The van der Waals surface area contributed by atoms with Crippen LogP contribution in [0.3, 0.4) is 0 Å². The van der Waals surface area contributed by atoms with Crippen LogP contribution in [0.25, 0.3) is 10.8 Å². The highest BCUT2D eigenvalue weighted by atomic mass is 32.2. The average molecular weight is 401 g/mol. The fourth-order valence-corrected chi connectivity index (χ4v) is 5.50. The molecule has 3 aromatic rings. The minimum atomic E-state index is -0.819. The highest BCUT2D eigenvalue weighted by molar-refractivity contribution is 8.15. The third-order valence-electron chi connectivity index (χ3n) is 5.58. The van der Waals surface area contributed by atoms with Gasteiger partial charge in [-0.2, -0.15) is 5.26 Å². The molecule has 7 heteroatoms. The number of benzene rings is 2. The number of carbonyl (C=O) groups is 2. The molecule has 1 aromatic heterocycles. The number of fused-ring (bicyclic) bond motifs is 2. The Kier molecular flexibility index (Phi) is 4.03. The van der Waals surface area contributed by atoms with Crippen molar-refractivity contribution >= 4 is 45.1 Å². The summed E-state index contributed by atoms with van der Waals surface area (Å²) in [5, 5.41) is 19.2. The van der Waals surface area contributed by atoms with Crippen LogP contribution in [-0.2, 0) is 9.59 Å². The number of rotatable bonds is 2. The van der Waals surface area contributed by atoms with E-state index in [-0.39, 0.29) is 16.9 Å². The Morgan fingerprint density at radius 3 is 2.52 bits per heavy atom. The molecule has 0 saturated carbocycles. The third kappa shape index (κ3) is 2.60. The predicted octanol–water partition coefficient (Wildman–Crippen LogP) is 3.94. The second-order valence-corrected chi connectivity index (χ2v) is 8.30. The van der Waals surface area contributed by atoms with Gasteiger partial charge in [0.15, 0.2) is 0 Å².